The summed E-state index contributed by atoms with van der Waals surface area (Å²) in [7, 11) is 0. The molecule has 0 saturated carbocycles. The number of benzene rings is 2. The zero-order chi connectivity index (χ0) is 18.5. The first-order valence-electron chi connectivity index (χ1n) is 8.92. The molecule has 0 bridgehead atoms. The quantitative estimate of drug-likeness (QED) is 0.555. The predicted octanol–water partition coefficient (Wildman–Crippen LogP) is 4.62. The molecule has 0 unspecified atom stereocenters. The molecule has 0 saturated heterocycles. The largest absolute Gasteiger partial charge is 0.322 e. The minimum absolute atomic E-state index is 0.0860. The Morgan fingerprint density at radius 2 is 2.00 bits per heavy atom. The molecule has 6 heteroatoms. The summed E-state index contributed by atoms with van der Waals surface area (Å²) in [6.07, 6.45) is 1.19. The lowest BCUT2D eigenvalue weighted by atomic mass is 9.81. The van der Waals surface area contributed by atoms with E-state index in [1.807, 2.05) is 55.5 Å². The Bertz CT molecular complexity index is 1160. The number of carbonyl (C=O) groups is 1. The molecule has 27 heavy (non-hydrogen) atoms. The lowest BCUT2D eigenvalue weighted by molar-refractivity contribution is 0.0963. The van der Waals surface area contributed by atoms with Crippen LogP contribution in [0, 0.1) is 6.92 Å². The van der Waals surface area contributed by atoms with Crippen LogP contribution in [0.25, 0.3) is 17.0 Å². The number of imidazole rings is 1. The summed E-state index contributed by atoms with van der Waals surface area (Å²) in [6.45, 7) is 1.88. The topological polar surface area (TPSA) is 63.6 Å². The molecule has 1 aliphatic carbocycles. The summed E-state index contributed by atoms with van der Waals surface area (Å²) in [6, 6.07) is 15.6. The van der Waals surface area contributed by atoms with Crippen molar-refractivity contribution >= 4 is 28.4 Å². The summed E-state index contributed by atoms with van der Waals surface area (Å²) in [4.78, 5) is 20.8. The monoisotopic (exact) mass is 376 g/mol. The van der Waals surface area contributed by atoms with Crippen LogP contribution in [0.15, 0.2) is 48.5 Å². The second-order valence-corrected chi connectivity index (χ2v) is 7.42. The van der Waals surface area contributed by atoms with Crippen molar-refractivity contribution in [3.63, 3.8) is 0 Å². The number of rotatable bonds is 2. The SMILES string of the molecule is Cc1nn(-c2nc3ccccc3[nH]2)c2c1C(=O)C[C@@H](c1cccc(Cl)c1)C2. The van der Waals surface area contributed by atoms with Gasteiger partial charge in [0.25, 0.3) is 0 Å². The lowest BCUT2D eigenvalue weighted by Gasteiger charge is -2.22. The number of H-pyrrole nitrogens is 1. The van der Waals surface area contributed by atoms with Crippen molar-refractivity contribution in [2.45, 2.75) is 25.7 Å². The molecule has 0 aliphatic heterocycles. The van der Waals surface area contributed by atoms with Gasteiger partial charge in [0.15, 0.2) is 5.78 Å². The van der Waals surface area contributed by atoms with Crippen LogP contribution >= 0.6 is 11.6 Å². The molecule has 0 spiro atoms. The third-order valence-corrected chi connectivity index (χ3v) is 5.44. The second kappa shape index (κ2) is 6.06. The minimum atomic E-state index is 0.0860. The Morgan fingerprint density at radius 1 is 1.15 bits per heavy atom. The van der Waals surface area contributed by atoms with E-state index in [9.17, 15) is 4.79 Å². The summed E-state index contributed by atoms with van der Waals surface area (Å²) in [5, 5.41) is 5.32. The van der Waals surface area contributed by atoms with Crippen molar-refractivity contribution in [1.82, 2.24) is 19.7 Å². The Balaban J connectivity index is 1.62. The van der Waals surface area contributed by atoms with Gasteiger partial charge in [0.1, 0.15) is 0 Å². The van der Waals surface area contributed by atoms with E-state index in [2.05, 4.69) is 15.1 Å². The molecule has 1 atom stereocenters. The van der Waals surface area contributed by atoms with Crippen molar-refractivity contribution in [3.05, 3.63) is 76.1 Å². The Labute approximate surface area is 161 Å². The number of aryl methyl sites for hydroxylation is 1. The van der Waals surface area contributed by atoms with Gasteiger partial charge in [0, 0.05) is 11.4 Å². The molecule has 2 aromatic carbocycles. The molecule has 0 amide bonds. The van der Waals surface area contributed by atoms with Crippen LogP contribution in [-0.4, -0.2) is 25.5 Å². The highest BCUT2D eigenvalue weighted by molar-refractivity contribution is 6.30. The van der Waals surface area contributed by atoms with Gasteiger partial charge in [0.05, 0.1) is 28.0 Å². The number of ketones is 1. The number of aromatic nitrogens is 4. The van der Waals surface area contributed by atoms with Crippen molar-refractivity contribution in [2.24, 2.45) is 0 Å². The van der Waals surface area contributed by atoms with Crippen LogP contribution in [0.5, 0.6) is 0 Å². The van der Waals surface area contributed by atoms with E-state index in [0.717, 1.165) is 40.0 Å². The maximum absolute atomic E-state index is 12.9. The molecule has 5 nitrogen and oxygen atoms in total. The van der Waals surface area contributed by atoms with E-state index >= 15 is 0 Å². The number of aromatic amines is 1. The van der Waals surface area contributed by atoms with E-state index in [1.54, 1.807) is 4.68 Å². The normalized spacial score (nSPS) is 16.7. The standard InChI is InChI=1S/C21H17ClN4O/c1-12-20-18(10-14(11-19(20)27)13-5-4-6-15(22)9-13)26(25-12)21-23-16-7-2-3-8-17(16)24-21/h2-9,14H,10-11H2,1H3,(H,23,24)/t14-/m0/s1. The van der Waals surface area contributed by atoms with E-state index in [4.69, 9.17) is 11.6 Å². The van der Waals surface area contributed by atoms with Crippen molar-refractivity contribution in [3.8, 4) is 5.95 Å². The minimum Gasteiger partial charge on any atom is -0.322 e. The smallest absolute Gasteiger partial charge is 0.229 e. The van der Waals surface area contributed by atoms with Crippen LogP contribution in [0.1, 0.15) is 39.6 Å². The predicted molar refractivity (Wildman–Crippen MR) is 105 cm³/mol. The Hall–Kier alpha value is -2.92. The third-order valence-electron chi connectivity index (χ3n) is 5.20. The van der Waals surface area contributed by atoms with Gasteiger partial charge in [-0.1, -0.05) is 35.9 Å². The molecule has 134 valence electrons. The second-order valence-electron chi connectivity index (χ2n) is 6.98. The molecule has 5 rings (SSSR count). The molecule has 4 aromatic rings. The van der Waals surface area contributed by atoms with Crippen molar-refractivity contribution in [1.29, 1.82) is 0 Å². The number of Topliss-reactive ketones (excluding diaryl/α,β-unsaturated/α-hetero) is 1. The van der Waals surface area contributed by atoms with E-state index in [0.29, 0.717) is 17.4 Å². The fourth-order valence-electron chi connectivity index (χ4n) is 3.97. The first-order chi connectivity index (χ1) is 13.1. The van der Waals surface area contributed by atoms with Crippen LogP contribution in [0.4, 0.5) is 0 Å². The van der Waals surface area contributed by atoms with Crippen molar-refractivity contribution in [2.75, 3.05) is 0 Å². The van der Waals surface area contributed by atoms with Crippen molar-refractivity contribution < 1.29 is 4.79 Å². The molecular formula is C21H17ClN4O. The maximum Gasteiger partial charge on any atom is 0.229 e. The van der Waals surface area contributed by atoms with E-state index in [-0.39, 0.29) is 11.7 Å². The average molecular weight is 377 g/mol. The number of nitrogens with zero attached hydrogens (tertiary/aromatic N) is 3. The van der Waals surface area contributed by atoms with Gasteiger partial charge in [-0.2, -0.15) is 5.10 Å². The van der Waals surface area contributed by atoms with Crippen LogP contribution in [-0.2, 0) is 6.42 Å². The Morgan fingerprint density at radius 3 is 2.81 bits per heavy atom. The first-order valence-corrected chi connectivity index (χ1v) is 9.30. The van der Waals surface area contributed by atoms with E-state index in [1.165, 1.54) is 0 Å². The Kier molecular flexibility index (Phi) is 3.65. The molecule has 1 N–H and O–H groups in total. The van der Waals surface area contributed by atoms with Gasteiger partial charge >= 0.3 is 0 Å². The number of hydrogen-bond acceptors (Lipinski definition) is 3. The fourth-order valence-corrected chi connectivity index (χ4v) is 4.17. The van der Waals surface area contributed by atoms with Gasteiger partial charge in [-0.3, -0.25) is 4.79 Å². The lowest BCUT2D eigenvalue weighted by Crippen LogP contribution is -2.21. The molecule has 2 aromatic heterocycles. The van der Waals surface area contributed by atoms with Crippen LogP contribution in [0.3, 0.4) is 0 Å². The first kappa shape index (κ1) is 16.3. The number of fused-ring (bicyclic) bond motifs is 2. The highest BCUT2D eigenvalue weighted by Crippen LogP contribution is 2.35. The number of nitrogens with one attached hydrogen (secondary N) is 1. The van der Waals surface area contributed by atoms with E-state index < -0.39 is 0 Å². The third kappa shape index (κ3) is 2.66. The molecule has 0 fully saturated rings. The fraction of sp³-hybridized carbons (Fsp3) is 0.190. The van der Waals surface area contributed by atoms with Gasteiger partial charge < -0.3 is 4.98 Å². The van der Waals surface area contributed by atoms with Gasteiger partial charge in [-0.05, 0) is 49.1 Å². The summed E-state index contributed by atoms with van der Waals surface area (Å²) >= 11 is 6.16. The highest BCUT2D eigenvalue weighted by atomic mass is 35.5. The number of hydrogen-bond donors (Lipinski definition) is 1. The zero-order valence-electron chi connectivity index (χ0n) is 14.7. The highest BCUT2D eigenvalue weighted by Gasteiger charge is 2.32. The summed E-state index contributed by atoms with van der Waals surface area (Å²) in [5.74, 6) is 0.851. The van der Waals surface area contributed by atoms with Gasteiger partial charge in [-0.15, -0.1) is 0 Å². The summed E-state index contributed by atoms with van der Waals surface area (Å²) in [5.41, 5.74) is 5.30. The van der Waals surface area contributed by atoms with Crippen LogP contribution < -0.4 is 0 Å². The molecule has 2 heterocycles. The van der Waals surface area contributed by atoms with Gasteiger partial charge in [0.2, 0.25) is 5.95 Å². The number of halogens is 1. The van der Waals surface area contributed by atoms with Gasteiger partial charge in [-0.25, -0.2) is 9.67 Å². The van der Waals surface area contributed by atoms with Crippen LogP contribution in [0.2, 0.25) is 5.02 Å². The molecular weight excluding hydrogens is 360 g/mol. The number of para-hydroxylation sites is 2. The molecule has 1 aliphatic rings. The zero-order valence-corrected chi connectivity index (χ0v) is 15.5. The summed E-state index contributed by atoms with van der Waals surface area (Å²) < 4.78 is 1.79. The number of carbonyl (C=O) groups excluding carboxylic acids is 1. The molecule has 0 radical (unpaired) electrons. The average Bonchev–Trinajstić information content (AvgIpc) is 3.23. The maximum atomic E-state index is 12.9.